The normalized spacial score (nSPS) is 12.3. The maximum atomic E-state index is 5.48. The number of hydrogen-bond acceptors (Lipinski definition) is 3. The fourth-order valence-corrected chi connectivity index (χ4v) is 2.68. The van der Waals surface area contributed by atoms with E-state index in [2.05, 4.69) is 40.6 Å². The Bertz CT molecular complexity index is 755. The van der Waals surface area contributed by atoms with E-state index in [1.54, 1.807) is 7.11 Å². The molecule has 21 heavy (non-hydrogen) atoms. The van der Waals surface area contributed by atoms with Crippen LogP contribution in [0.15, 0.2) is 60.8 Å². The van der Waals surface area contributed by atoms with Crippen molar-refractivity contribution in [3.63, 3.8) is 0 Å². The third-order valence-corrected chi connectivity index (χ3v) is 3.70. The Morgan fingerprint density at radius 2 is 1.90 bits per heavy atom. The molecule has 1 unspecified atom stereocenters. The Balaban J connectivity index is 2.09. The van der Waals surface area contributed by atoms with Crippen LogP contribution in [0.25, 0.3) is 10.9 Å². The monoisotopic (exact) mass is 278 g/mol. The van der Waals surface area contributed by atoms with E-state index in [0.29, 0.717) is 0 Å². The number of ether oxygens (including phenoxy) is 1. The average Bonchev–Trinajstić information content (AvgIpc) is 2.56. The van der Waals surface area contributed by atoms with Crippen molar-refractivity contribution in [2.75, 3.05) is 14.2 Å². The minimum Gasteiger partial charge on any atom is -0.496 e. The minimum absolute atomic E-state index is 0.0887. The van der Waals surface area contributed by atoms with Crippen LogP contribution in [-0.2, 0) is 0 Å². The van der Waals surface area contributed by atoms with Gasteiger partial charge >= 0.3 is 0 Å². The number of hydrogen-bond donors (Lipinski definition) is 1. The van der Waals surface area contributed by atoms with Gasteiger partial charge in [0.2, 0.25) is 0 Å². The summed E-state index contributed by atoms with van der Waals surface area (Å²) < 4.78 is 5.48. The number of pyridine rings is 1. The highest BCUT2D eigenvalue weighted by molar-refractivity contribution is 5.79. The van der Waals surface area contributed by atoms with Gasteiger partial charge in [-0.3, -0.25) is 4.98 Å². The van der Waals surface area contributed by atoms with Gasteiger partial charge in [-0.2, -0.15) is 0 Å². The van der Waals surface area contributed by atoms with E-state index in [1.165, 1.54) is 5.56 Å². The zero-order valence-corrected chi connectivity index (χ0v) is 12.2. The van der Waals surface area contributed by atoms with E-state index in [0.717, 1.165) is 22.2 Å². The molecule has 1 N–H and O–H groups in total. The van der Waals surface area contributed by atoms with E-state index in [-0.39, 0.29) is 6.04 Å². The van der Waals surface area contributed by atoms with Crippen molar-refractivity contribution < 1.29 is 4.74 Å². The lowest BCUT2D eigenvalue weighted by molar-refractivity contribution is 0.405. The molecular weight excluding hydrogens is 260 g/mol. The van der Waals surface area contributed by atoms with E-state index in [1.807, 2.05) is 37.5 Å². The van der Waals surface area contributed by atoms with Crippen molar-refractivity contribution in [1.29, 1.82) is 0 Å². The molecule has 2 aromatic carbocycles. The quantitative estimate of drug-likeness (QED) is 0.792. The summed E-state index contributed by atoms with van der Waals surface area (Å²) in [6.07, 6.45) is 1.82. The molecule has 1 aromatic heterocycles. The van der Waals surface area contributed by atoms with Gasteiger partial charge in [0.25, 0.3) is 0 Å². The van der Waals surface area contributed by atoms with Crippen LogP contribution in [0.2, 0.25) is 0 Å². The molecule has 3 nitrogen and oxygen atoms in total. The van der Waals surface area contributed by atoms with Gasteiger partial charge in [0.15, 0.2) is 0 Å². The molecule has 3 heteroatoms. The van der Waals surface area contributed by atoms with Gasteiger partial charge in [0.05, 0.1) is 18.7 Å². The summed E-state index contributed by atoms with van der Waals surface area (Å²) in [7, 11) is 3.67. The van der Waals surface area contributed by atoms with Crippen molar-refractivity contribution in [3.05, 3.63) is 71.9 Å². The molecule has 0 aliphatic rings. The lowest BCUT2D eigenvalue weighted by atomic mass is 9.96. The van der Waals surface area contributed by atoms with Crippen molar-refractivity contribution >= 4 is 10.9 Å². The molecule has 0 bridgehead atoms. The Morgan fingerprint density at radius 1 is 1.05 bits per heavy atom. The zero-order chi connectivity index (χ0) is 14.7. The molecule has 3 rings (SSSR count). The Kier molecular flexibility index (Phi) is 3.84. The first-order chi connectivity index (χ1) is 10.3. The maximum Gasteiger partial charge on any atom is 0.123 e. The predicted octanol–water partition coefficient (Wildman–Crippen LogP) is 3.55. The molecule has 1 atom stereocenters. The standard InChI is InChI=1S/C18H18N2O/c1-19-18(15-7-3-4-8-17(15)21-2)14-9-10-16-13(12-14)6-5-11-20-16/h3-12,18-19H,1-2H3. The van der Waals surface area contributed by atoms with Gasteiger partial charge in [0.1, 0.15) is 5.75 Å². The third kappa shape index (κ3) is 2.60. The van der Waals surface area contributed by atoms with Crippen molar-refractivity contribution in [1.82, 2.24) is 10.3 Å². The number of fused-ring (bicyclic) bond motifs is 1. The Labute approximate surface area is 124 Å². The highest BCUT2D eigenvalue weighted by atomic mass is 16.5. The topological polar surface area (TPSA) is 34.2 Å². The van der Waals surface area contributed by atoms with Crippen molar-refractivity contribution in [3.8, 4) is 5.75 Å². The molecule has 0 aliphatic heterocycles. The number of para-hydroxylation sites is 1. The molecule has 106 valence electrons. The fraction of sp³-hybridized carbons (Fsp3) is 0.167. The number of benzene rings is 2. The summed E-state index contributed by atoms with van der Waals surface area (Å²) in [6.45, 7) is 0. The number of aromatic nitrogens is 1. The summed E-state index contributed by atoms with van der Waals surface area (Å²) in [5.41, 5.74) is 3.34. The van der Waals surface area contributed by atoms with Crippen LogP contribution in [-0.4, -0.2) is 19.1 Å². The highest BCUT2D eigenvalue weighted by Crippen LogP contribution is 2.30. The van der Waals surface area contributed by atoms with E-state index in [4.69, 9.17) is 4.74 Å². The van der Waals surface area contributed by atoms with Crippen LogP contribution >= 0.6 is 0 Å². The first-order valence-electron chi connectivity index (χ1n) is 6.98. The maximum absolute atomic E-state index is 5.48. The van der Waals surface area contributed by atoms with Gasteiger partial charge in [-0.25, -0.2) is 0 Å². The molecular formula is C18H18N2O. The second-order valence-corrected chi connectivity index (χ2v) is 4.92. The van der Waals surface area contributed by atoms with Gasteiger partial charge in [0, 0.05) is 17.1 Å². The largest absolute Gasteiger partial charge is 0.496 e. The number of nitrogens with zero attached hydrogens (tertiary/aromatic N) is 1. The lowest BCUT2D eigenvalue weighted by Crippen LogP contribution is -2.18. The van der Waals surface area contributed by atoms with E-state index < -0.39 is 0 Å². The lowest BCUT2D eigenvalue weighted by Gasteiger charge is -2.20. The van der Waals surface area contributed by atoms with Gasteiger partial charge in [-0.05, 0) is 36.9 Å². The van der Waals surface area contributed by atoms with Crippen molar-refractivity contribution in [2.24, 2.45) is 0 Å². The summed E-state index contributed by atoms with van der Waals surface area (Å²) >= 11 is 0. The Morgan fingerprint density at radius 3 is 2.71 bits per heavy atom. The molecule has 0 spiro atoms. The molecule has 0 amide bonds. The smallest absolute Gasteiger partial charge is 0.123 e. The zero-order valence-electron chi connectivity index (χ0n) is 12.2. The van der Waals surface area contributed by atoms with Gasteiger partial charge in [-0.15, -0.1) is 0 Å². The van der Waals surface area contributed by atoms with Crippen LogP contribution < -0.4 is 10.1 Å². The highest BCUT2D eigenvalue weighted by Gasteiger charge is 2.16. The van der Waals surface area contributed by atoms with Crippen LogP contribution in [0.4, 0.5) is 0 Å². The van der Waals surface area contributed by atoms with E-state index in [9.17, 15) is 0 Å². The molecule has 0 fully saturated rings. The fourth-order valence-electron chi connectivity index (χ4n) is 2.68. The minimum atomic E-state index is 0.0887. The molecule has 0 saturated heterocycles. The van der Waals surface area contributed by atoms with Gasteiger partial charge < -0.3 is 10.1 Å². The third-order valence-electron chi connectivity index (χ3n) is 3.70. The van der Waals surface area contributed by atoms with E-state index >= 15 is 0 Å². The molecule has 0 aliphatic carbocycles. The summed E-state index contributed by atoms with van der Waals surface area (Å²) in [4.78, 5) is 4.37. The van der Waals surface area contributed by atoms with Crippen LogP contribution in [0.5, 0.6) is 5.75 Å². The van der Waals surface area contributed by atoms with Crippen LogP contribution in [0.1, 0.15) is 17.2 Å². The molecule has 0 radical (unpaired) electrons. The number of methoxy groups -OCH3 is 1. The SMILES string of the molecule is CNC(c1ccc2ncccc2c1)c1ccccc1OC. The molecule has 0 saturated carbocycles. The Hall–Kier alpha value is -2.39. The number of rotatable bonds is 4. The van der Waals surface area contributed by atoms with Crippen LogP contribution in [0, 0.1) is 0 Å². The summed E-state index contributed by atoms with van der Waals surface area (Å²) in [6, 6.07) is 18.6. The van der Waals surface area contributed by atoms with Gasteiger partial charge in [-0.1, -0.05) is 30.3 Å². The average molecular weight is 278 g/mol. The first-order valence-corrected chi connectivity index (χ1v) is 6.98. The number of nitrogens with one attached hydrogen (secondary N) is 1. The first kappa shape index (κ1) is 13.6. The van der Waals surface area contributed by atoms with Crippen molar-refractivity contribution in [2.45, 2.75) is 6.04 Å². The predicted molar refractivity (Wildman–Crippen MR) is 85.6 cm³/mol. The molecule has 1 heterocycles. The van der Waals surface area contributed by atoms with Crippen LogP contribution in [0.3, 0.4) is 0 Å². The summed E-state index contributed by atoms with van der Waals surface area (Å²) in [5, 5.41) is 4.52. The summed E-state index contributed by atoms with van der Waals surface area (Å²) in [5.74, 6) is 0.892. The molecule has 3 aromatic rings. The second kappa shape index (κ2) is 5.94. The second-order valence-electron chi connectivity index (χ2n) is 4.92.